The number of Topliss-reactive ketones (excluding diaryl/α,β-unsaturated/α-hetero) is 1. The highest BCUT2D eigenvalue weighted by Crippen LogP contribution is 1.75. The molecule has 1 radical (unpaired) electrons. The third-order valence-corrected chi connectivity index (χ3v) is 0.436. The number of ether oxygens (including phenoxy) is 1. The Labute approximate surface area is 47.6 Å². The summed E-state index contributed by atoms with van der Waals surface area (Å²) in [6, 6.07) is 0. The highest BCUT2D eigenvalue weighted by atomic mass is 16.5. The first-order valence-electron chi connectivity index (χ1n) is 2.11. The molecule has 0 fully saturated rings. The molecule has 0 saturated heterocycles. The predicted molar refractivity (Wildman–Crippen MR) is 27.0 cm³/mol. The average molecular weight is 115 g/mol. The van der Waals surface area contributed by atoms with Gasteiger partial charge in [0, 0.05) is 13.8 Å². The third-order valence-electron chi connectivity index (χ3n) is 0.436. The second-order valence-electron chi connectivity index (χ2n) is 1.32. The van der Waals surface area contributed by atoms with E-state index < -0.39 is 5.97 Å². The first-order valence-corrected chi connectivity index (χ1v) is 2.11. The minimum Gasteiger partial charge on any atom is -0.458 e. The van der Waals surface area contributed by atoms with Gasteiger partial charge in [0.1, 0.15) is 6.61 Å². The quantitative estimate of drug-likeness (QED) is 0.474. The lowest BCUT2D eigenvalue weighted by molar-refractivity contribution is -0.144. The largest absolute Gasteiger partial charge is 0.458 e. The summed E-state index contributed by atoms with van der Waals surface area (Å²) in [5.74, 6) is -0.845. The molecule has 0 saturated carbocycles. The van der Waals surface area contributed by atoms with Crippen LogP contribution in [0.5, 0.6) is 0 Å². The zero-order valence-electron chi connectivity index (χ0n) is 4.64. The van der Waals surface area contributed by atoms with E-state index in [-0.39, 0.29) is 12.4 Å². The van der Waals surface area contributed by atoms with Gasteiger partial charge >= 0.3 is 5.97 Å². The third kappa shape index (κ3) is 5.14. The monoisotopic (exact) mass is 115 g/mol. The van der Waals surface area contributed by atoms with E-state index in [1.807, 2.05) is 0 Å². The first kappa shape index (κ1) is 7.14. The van der Waals surface area contributed by atoms with Gasteiger partial charge < -0.3 is 4.74 Å². The molecule has 0 spiro atoms. The fraction of sp³-hybridized carbons (Fsp3) is 0.400. The van der Waals surface area contributed by atoms with E-state index in [1.54, 1.807) is 0 Å². The number of carbonyl (C=O) groups excluding carboxylic acids is 2. The van der Waals surface area contributed by atoms with Crippen molar-refractivity contribution >= 4 is 11.8 Å². The van der Waals surface area contributed by atoms with Crippen LogP contribution in [0.3, 0.4) is 0 Å². The van der Waals surface area contributed by atoms with Gasteiger partial charge in [-0.3, -0.25) is 9.59 Å². The first-order chi connectivity index (χ1) is 3.63. The summed E-state index contributed by atoms with van der Waals surface area (Å²) in [5.41, 5.74) is 0. The number of esters is 1. The molecule has 3 heteroatoms. The molecule has 0 rings (SSSR count). The van der Waals surface area contributed by atoms with Gasteiger partial charge in [-0.2, -0.15) is 0 Å². The van der Waals surface area contributed by atoms with E-state index in [0.717, 1.165) is 0 Å². The van der Waals surface area contributed by atoms with Crippen LogP contribution in [0.4, 0.5) is 0 Å². The second-order valence-corrected chi connectivity index (χ2v) is 1.32. The van der Waals surface area contributed by atoms with Crippen molar-refractivity contribution in [3.63, 3.8) is 0 Å². The van der Waals surface area contributed by atoms with E-state index in [0.29, 0.717) is 0 Å². The second kappa shape index (κ2) is 3.18. The van der Waals surface area contributed by atoms with Crippen LogP contribution in [0.2, 0.25) is 0 Å². The summed E-state index contributed by atoms with van der Waals surface area (Å²) < 4.78 is 4.25. The van der Waals surface area contributed by atoms with Crippen LogP contribution in [-0.4, -0.2) is 18.4 Å². The molecule has 0 unspecified atom stereocenters. The number of rotatable bonds is 2. The molecule has 0 aliphatic rings. The van der Waals surface area contributed by atoms with Crippen molar-refractivity contribution < 1.29 is 14.3 Å². The summed E-state index contributed by atoms with van der Waals surface area (Å²) in [6.07, 6.45) is 0. The Kier molecular flexibility index (Phi) is 2.84. The van der Waals surface area contributed by atoms with Crippen molar-refractivity contribution in [2.75, 3.05) is 6.61 Å². The van der Waals surface area contributed by atoms with Crippen molar-refractivity contribution in [1.29, 1.82) is 0 Å². The maximum Gasteiger partial charge on any atom is 0.303 e. The Balaban J connectivity index is 3.18. The Morgan fingerprint density at radius 1 is 1.62 bits per heavy atom. The SMILES string of the molecule is [CH2]C(=O)COC(C)=O. The van der Waals surface area contributed by atoms with Crippen LogP contribution in [0.25, 0.3) is 0 Å². The molecule has 0 aromatic rings. The summed E-state index contributed by atoms with van der Waals surface area (Å²) in [7, 11) is 0. The van der Waals surface area contributed by atoms with E-state index in [4.69, 9.17) is 0 Å². The van der Waals surface area contributed by atoms with Crippen LogP contribution < -0.4 is 0 Å². The Morgan fingerprint density at radius 2 is 2.12 bits per heavy atom. The van der Waals surface area contributed by atoms with Crippen molar-refractivity contribution in [3.05, 3.63) is 6.92 Å². The number of hydrogen-bond donors (Lipinski definition) is 0. The van der Waals surface area contributed by atoms with E-state index in [1.165, 1.54) is 6.92 Å². The van der Waals surface area contributed by atoms with E-state index in [2.05, 4.69) is 11.7 Å². The molecule has 0 aromatic carbocycles. The maximum atomic E-state index is 9.96. The minimum absolute atomic E-state index is 0.213. The zero-order valence-corrected chi connectivity index (χ0v) is 4.64. The molecule has 0 heterocycles. The summed E-state index contributed by atoms with van der Waals surface area (Å²) >= 11 is 0. The molecule has 0 aromatic heterocycles. The van der Waals surface area contributed by atoms with Gasteiger partial charge in [-0.05, 0) is 0 Å². The lowest BCUT2D eigenvalue weighted by Gasteiger charge is -1.93. The molecular formula is C5H7O3. The van der Waals surface area contributed by atoms with Crippen LogP contribution in [-0.2, 0) is 14.3 Å². The summed E-state index contributed by atoms with van der Waals surface area (Å²) in [5, 5.41) is 0. The molecule has 0 aliphatic carbocycles. The molecule has 0 aliphatic heterocycles. The van der Waals surface area contributed by atoms with Gasteiger partial charge in [0.2, 0.25) is 0 Å². The molecule has 45 valence electrons. The van der Waals surface area contributed by atoms with Crippen molar-refractivity contribution in [2.24, 2.45) is 0 Å². The fourth-order valence-electron chi connectivity index (χ4n) is 0.182. The van der Waals surface area contributed by atoms with Crippen molar-refractivity contribution in [2.45, 2.75) is 6.92 Å². The standard InChI is InChI=1S/C5H7O3/c1-4(6)3-8-5(2)7/h1,3H2,2H3. The molecule has 0 atom stereocenters. The predicted octanol–water partition coefficient (Wildman–Crippen LogP) is -0.0473. The molecule has 0 N–H and O–H groups in total. The zero-order chi connectivity index (χ0) is 6.57. The minimum atomic E-state index is -0.456. The van der Waals surface area contributed by atoms with E-state index in [9.17, 15) is 9.59 Å². The Bertz CT molecular complexity index is 92.2. The average Bonchev–Trinajstić information content (AvgIpc) is 1.61. The van der Waals surface area contributed by atoms with Gasteiger partial charge in [0.25, 0.3) is 0 Å². The van der Waals surface area contributed by atoms with Gasteiger partial charge in [0.15, 0.2) is 5.78 Å². The molecule has 0 amide bonds. The highest BCUT2D eigenvalue weighted by molar-refractivity contribution is 5.85. The van der Waals surface area contributed by atoms with Crippen LogP contribution in [0, 0.1) is 6.92 Å². The summed E-state index contributed by atoms with van der Waals surface area (Å²) in [6.45, 7) is 4.02. The van der Waals surface area contributed by atoms with Crippen molar-refractivity contribution in [3.8, 4) is 0 Å². The number of hydrogen-bond acceptors (Lipinski definition) is 3. The lowest BCUT2D eigenvalue weighted by atomic mass is 10.5. The summed E-state index contributed by atoms with van der Waals surface area (Å²) in [4.78, 5) is 19.9. The number of ketones is 1. The Hall–Kier alpha value is -0.860. The normalized spacial score (nSPS) is 8.25. The van der Waals surface area contributed by atoms with Gasteiger partial charge in [-0.1, -0.05) is 0 Å². The Morgan fingerprint density at radius 3 is 2.25 bits per heavy atom. The van der Waals surface area contributed by atoms with Crippen LogP contribution in [0.1, 0.15) is 6.92 Å². The van der Waals surface area contributed by atoms with Crippen LogP contribution >= 0.6 is 0 Å². The van der Waals surface area contributed by atoms with Crippen LogP contribution in [0.15, 0.2) is 0 Å². The maximum absolute atomic E-state index is 9.96. The van der Waals surface area contributed by atoms with Gasteiger partial charge in [-0.15, -0.1) is 0 Å². The topological polar surface area (TPSA) is 43.4 Å². The van der Waals surface area contributed by atoms with Gasteiger partial charge in [-0.25, -0.2) is 0 Å². The van der Waals surface area contributed by atoms with Gasteiger partial charge in [0.05, 0.1) is 0 Å². The molecule has 8 heavy (non-hydrogen) atoms. The number of carbonyl (C=O) groups is 2. The highest BCUT2D eigenvalue weighted by Gasteiger charge is 1.94. The fourth-order valence-corrected chi connectivity index (χ4v) is 0.182. The lowest BCUT2D eigenvalue weighted by Crippen LogP contribution is -2.07. The molecule has 0 bridgehead atoms. The smallest absolute Gasteiger partial charge is 0.303 e. The molecule has 3 nitrogen and oxygen atoms in total. The molecular weight excluding hydrogens is 108 g/mol. The van der Waals surface area contributed by atoms with E-state index >= 15 is 0 Å². The van der Waals surface area contributed by atoms with Crippen molar-refractivity contribution in [1.82, 2.24) is 0 Å².